The third-order valence-corrected chi connectivity index (χ3v) is 3.24. The van der Waals surface area contributed by atoms with Gasteiger partial charge in [-0.3, -0.25) is 9.78 Å². The predicted molar refractivity (Wildman–Crippen MR) is 67.0 cm³/mol. The van der Waals surface area contributed by atoms with Crippen LogP contribution in [-0.4, -0.2) is 42.0 Å². The van der Waals surface area contributed by atoms with Crippen LogP contribution in [0.1, 0.15) is 28.9 Å². The van der Waals surface area contributed by atoms with Crippen molar-refractivity contribution in [3.63, 3.8) is 0 Å². The lowest BCUT2D eigenvalue weighted by Crippen LogP contribution is -2.40. The molecule has 0 aliphatic carbocycles. The smallest absolute Gasteiger partial charge is 0.255 e. The van der Waals surface area contributed by atoms with Crippen molar-refractivity contribution in [2.45, 2.75) is 25.8 Å². The van der Waals surface area contributed by atoms with Gasteiger partial charge in [-0.05, 0) is 38.9 Å². The first-order valence-corrected chi connectivity index (χ1v) is 6.10. The third kappa shape index (κ3) is 2.64. The highest BCUT2D eigenvalue weighted by Crippen LogP contribution is 2.19. The second-order valence-electron chi connectivity index (χ2n) is 4.54. The Kier molecular flexibility index (Phi) is 3.74. The maximum absolute atomic E-state index is 12.3. The topological polar surface area (TPSA) is 45.2 Å². The van der Waals surface area contributed by atoms with E-state index in [1.807, 2.05) is 31.0 Å². The van der Waals surface area contributed by atoms with Gasteiger partial charge in [-0.2, -0.15) is 0 Å². The monoisotopic (exact) mass is 233 g/mol. The Morgan fingerprint density at radius 1 is 1.59 bits per heavy atom. The highest BCUT2D eigenvalue weighted by atomic mass is 16.2. The van der Waals surface area contributed by atoms with Gasteiger partial charge in [0.15, 0.2) is 0 Å². The number of likely N-dealkylation sites (tertiary alicyclic amines) is 1. The van der Waals surface area contributed by atoms with Gasteiger partial charge in [0.2, 0.25) is 0 Å². The van der Waals surface area contributed by atoms with Gasteiger partial charge in [-0.25, -0.2) is 0 Å². The molecule has 1 atom stereocenters. The Hall–Kier alpha value is -1.42. The predicted octanol–water partition coefficient (Wildman–Crippen LogP) is 1.21. The van der Waals surface area contributed by atoms with Crippen LogP contribution in [0.15, 0.2) is 18.3 Å². The number of nitrogens with one attached hydrogen (secondary N) is 1. The lowest BCUT2D eigenvalue weighted by Gasteiger charge is -2.24. The number of carbonyl (C=O) groups excluding carboxylic acids is 1. The molecule has 1 saturated heterocycles. The molecule has 0 radical (unpaired) electrons. The van der Waals surface area contributed by atoms with Crippen molar-refractivity contribution in [3.05, 3.63) is 29.6 Å². The molecule has 4 heteroatoms. The van der Waals surface area contributed by atoms with Crippen LogP contribution in [0.5, 0.6) is 0 Å². The Morgan fingerprint density at radius 2 is 2.41 bits per heavy atom. The first-order valence-electron chi connectivity index (χ1n) is 6.10. The zero-order valence-electron chi connectivity index (χ0n) is 10.4. The van der Waals surface area contributed by atoms with Crippen LogP contribution < -0.4 is 5.32 Å². The largest absolute Gasteiger partial charge is 0.334 e. The number of amides is 1. The van der Waals surface area contributed by atoms with E-state index in [1.54, 1.807) is 6.20 Å². The average molecular weight is 233 g/mol. The van der Waals surface area contributed by atoms with Gasteiger partial charge in [-0.1, -0.05) is 0 Å². The molecule has 17 heavy (non-hydrogen) atoms. The van der Waals surface area contributed by atoms with Crippen molar-refractivity contribution in [1.29, 1.82) is 0 Å². The summed E-state index contributed by atoms with van der Waals surface area (Å²) in [6.07, 6.45) is 3.86. The molecule has 0 bridgehead atoms. The molecule has 1 unspecified atom stereocenters. The summed E-state index contributed by atoms with van der Waals surface area (Å²) < 4.78 is 0. The highest BCUT2D eigenvalue weighted by Gasteiger charge is 2.28. The molecular weight excluding hydrogens is 214 g/mol. The number of hydrogen-bond donors (Lipinski definition) is 1. The van der Waals surface area contributed by atoms with Gasteiger partial charge >= 0.3 is 0 Å². The lowest BCUT2D eigenvalue weighted by molar-refractivity contribution is 0.0736. The van der Waals surface area contributed by atoms with Crippen LogP contribution >= 0.6 is 0 Å². The zero-order chi connectivity index (χ0) is 12.3. The number of aromatic nitrogens is 1. The average Bonchev–Trinajstić information content (AvgIpc) is 2.78. The van der Waals surface area contributed by atoms with Crippen LogP contribution in [0, 0.1) is 6.92 Å². The number of carbonyl (C=O) groups is 1. The third-order valence-electron chi connectivity index (χ3n) is 3.24. The molecule has 2 rings (SSSR count). The molecule has 1 aromatic heterocycles. The van der Waals surface area contributed by atoms with Crippen LogP contribution in [0.25, 0.3) is 0 Å². The summed E-state index contributed by atoms with van der Waals surface area (Å²) in [5.74, 6) is 0.107. The van der Waals surface area contributed by atoms with E-state index in [0.29, 0.717) is 11.6 Å². The van der Waals surface area contributed by atoms with E-state index in [0.717, 1.165) is 31.6 Å². The summed E-state index contributed by atoms with van der Waals surface area (Å²) >= 11 is 0. The van der Waals surface area contributed by atoms with Crippen molar-refractivity contribution < 1.29 is 4.79 Å². The van der Waals surface area contributed by atoms with Crippen LogP contribution in [0.2, 0.25) is 0 Å². The maximum atomic E-state index is 12.3. The number of nitrogens with zero attached hydrogens (tertiary/aromatic N) is 2. The number of aryl methyl sites for hydroxylation is 1. The molecule has 0 aromatic carbocycles. The molecule has 1 aromatic rings. The first kappa shape index (κ1) is 12.0. The Morgan fingerprint density at radius 3 is 3.06 bits per heavy atom. The zero-order valence-corrected chi connectivity index (χ0v) is 10.4. The molecule has 0 spiro atoms. The van der Waals surface area contributed by atoms with Gasteiger partial charge in [0, 0.05) is 31.0 Å². The minimum Gasteiger partial charge on any atom is -0.334 e. The normalized spacial score (nSPS) is 19.6. The standard InChI is InChI=1S/C13H19N3O/c1-10-5-6-11(8-15-10)13(17)16-7-3-4-12(16)9-14-2/h5-6,8,12,14H,3-4,7,9H2,1-2H3. The summed E-state index contributed by atoms with van der Waals surface area (Å²) in [5.41, 5.74) is 1.63. The van der Waals surface area contributed by atoms with E-state index >= 15 is 0 Å². The fourth-order valence-corrected chi connectivity index (χ4v) is 2.31. The minimum atomic E-state index is 0.107. The Bertz CT molecular complexity index is 388. The highest BCUT2D eigenvalue weighted by molar-refractivity contribution is 5.94. The van der Waals surface area contributed by atoms with Crippen molar-refractivity contribution in [1.82, 2.24) is 15.2 Å². The molecule has 0 saturated carbocycles. The molecule has 1 aliphatic rings. The minimum absolute atomic E-state index is 0.107. The van der Waals surface area contributed by atoms with Crippen molar-refractivity contribution >= 4 is 5.91 Å². The molecule has 1 fully saturated rings. The molecule has 4 nitrogen and oxygen atoms in total. The SMILES string of the molecule is CNCC1CCCN1C(=O)c1ccc(C)nc1. The second-order valence-corrected chi connectivity index (χ2v) is 4.54. The quantitative estimate of drug-likeness (QED) is 0.853. The molecule has 1 amide bonds. The van der Waals surface area contributed by atoms with E-state index in [4.69, 9.17) is 0 Å². The lowest BCUT2D eigenvalue weighted by atomic mass is 10.2. The number of likely N-dealkylation sites (N-methyl/N-ethyl adjacent to an activating group) is 1. The van der Waals surface area contributed by atoms with Gasteiger partial charge in [0.05, 0.1) is 5.56 Å². The van der Waals surface area contributed by atoms with Crippen LogP contribution in [0.3, 0.4) is 0 Å². The van der Waals surface area contributed by atoms with Gasteiger partial charge in [0.1, 0.15) is 0 Å². The van der Waals surface area contributed by atoms with E-state index in [-0.39, 0.29) is 5.91 Å². The Labute approximate surface area is 102 Å². The fourth-order valence-electron chi connectivity index (χ4n) is 2.31. The molecular formula is C13H19N3O. The Balaban J connectivity index is 2.11. The fraction of sp³-hybridized carbons (Fsp3) is 0.538. The van der Waals surface area contributed by atoms with Gasteiger partial charge < -0.3 is 10.2 Å². The molecule has 2 heterocycles. The van der Waals surface area contributed by atoms with Crippen molar-refractivity contribution in [3.8, 4) is 0 Å². The summed E-state index contributed by atoms with van der Waals surface area (Å²) in [4.78, 5) is 18.4. The summed E-state index contributed by atoms with van der Waals surface area (Å²) in [5, 5.41) is 3.15. The van der Waals surface area contributed by atoms with Gasteiger partial charge in [0.25, 0.3) is 5.91 Å². The van der Waals surface area contributed by atoms with Crippen LogP contribution in [-0.2, 0) is 0 Å². The summed E-state index contributed by atoms with van der Waals surface area (Å²) in [6, 6.07) is 4.07. The maximum Gasteiger partial charge on any atom is 0.255 e. The van der Waals surface area contributed by atoms with Gasteiger partial charge in [-0.15, -0.1) is 0 Å². The first-order chi connectivity index (χ1) is 8.22. The van der Waals surface area contributed by atoms with Crippen molar-refractivity contribution in [2.75, 3.05) is 20.1 Å². The van der Waals surface area contributed by atoms with E-state index < -0.39 is 0 Å². The number of rotatable bonds is 3. The van der Waals surface area contributed by atoms with Crippen LogP contribution in [0.4, 0.5) is 0 Å². The van der Waals surface area contributed by atoms with E-state index in [1.165, 1.54) is 0 Å². The summed E-state index contributed by atoms with van der Waals surface area (Å²) in [7, 11) is 1.93. The van der Waals surface area contributed by atoms with E-state index in [9.17, 15) is 4.79 Å². The van der Waals surface area contributed by atoms with E-state index in [2.05, 4.69) is 10.3 Å². The summed E-state index contributed by atoms with van der Waals surface area (Å²) in [6.45, 7) is 3.65. The number of hydrogen-bond acceptors (Lipinski definition) is 3. The number of pyridine rings is 1. The van der Waals surface area contributed by atoms with Crippen molar-refractivity contribution in [2.24, 2.45) is 0 Å². The second kappa shape index (κ2) is 5.27. The molecule has 92 valence electrons. The molecule has 1 aliphatic heterocycles. The molecule has 1 N–H and O–H groups in total.